The van der Waals surface area contributed by atoms with Crippen LogP contribution in [0.3, 0.4) is 0 Å². The molecule has 2 aromatic rings. The zero-order chi connectivity index (χ0) is 16.1. The molecule has 1 aromatic heterocycles. The first-order valence-electron chi connectivity index (χ1n) is 8.06. The van der Waals surface area contributed by atoms with Crippen LogP contribution in [0.2, 0.25) is 0 Å². The number of thiophene rings is 1. The molecule has 0 aliphatic carbocycles. The summed E-state index contributed by atoms with van der Waals surface area (Å²) in [6.07, 6.45) is 3.40. The van der Waals surface area contributed by atoms with Gasteiger partial charge >= 0.3 is 0 Å². The Kier molecular flexibility index (Phi) is 5.51. The van der Waals surface area contributed by atoms with Crippen LogP contribution in [0.4, 0.5) is 4.39 Å². The highest BCUT2D eigenvalue weighted by Crippen LogP contribution is 2.27. The molecule has 0 radical (unpaired) electrons. The zero-order valence-electron chi connectivity index (χ0n) is 13.1. The first kappa shape index (κ1) is 16.3. The number of likely N-dealkylation sites (tertiary alicyclic amines) is 1. The number of nitrogens with zero attached hydrogens (tertiary/aromatic N) is 1. The molecule has 23 heavy (non-hydrogen) atoms. The molecular formula is C18H22FNO2S. The smallest absolute Gasteiger partial charge is 0.177 e. The minimum absolute atomic E-state index is 0.164. The van der Waals surface area contributed by atoms with Gasteiger partial charge in [-0.25, -0.2) is 4.39 Å². The average Bonchev–Trinajstić information content (AvgIpc) is 2.97. The molecule has 0 saturated carbocycles. The van der Waals surface area contributed by atoms with Crippen LogP contribution in [0.5, 0.6) is 10.8 Å². The van der Waals surface area contributed by atoms with E-state index < -0.39 is 0 Å². The number of aromatic hydroxyl groups is 1. The van der Waals surface area contributed by atoms with Gasteiger partial charge in [0.05, 0.1) is 0 Å². The topological polar surface area (TPSA) is 32.7 Å². The van der Waals surface area contributed by atoms with Gasteiger partial charge in [-0.3, -0.25) is 4.90 Å². The van der Waals surface area contributed by atoms with Gasteiger partial charge in [-0.15, -0.1) is 11.3 Å². The van der Waals surface area contributed by atoms with Crippen LogP contribution in [0.1, 0.15) is 18.4 Å². The Labute approximate surface area is 140 Å². The number of halogens is 1. The van der Waals surface area contributed by atoms with Crippen LogP contribution in [0.25, 0.3) is 0 Å². The number of hydrogen-bond acceptors (Lipinski definition) is 4. The van der Waals surface area contributed by atoms with Gasteiger partial charge in [0.1, 0.15) is 18.2 Å². The van der Waals surface area contributed by atoms with Gasteiger partial charge in [0.15, 0.2) is 5.06 Å². The second-order valence-corrected chi connectivity index (χ2v) is 6.96. The molecule has 1 aromatic carbocycles. The lowest BCUT2D eigenvalue weighted by molar-refractivity contribution is 0.156. The van der Waals surface area contributed by atoms with Crippen LogP contribution >= 0.6 is 11.3 Å². The third-order valence-electron chi connectivity index (χ3n) is 4.36. The van der Waals surface area contributed by atoms with Crippen LogP contribution < -0.4 is 4.74 Å². The van der Waals surface area contributed by atoms with Gasteiger partial charge in [0.2, 0.25) is 0 Å². The van der Waals surface area contributed by atoms with E-state index in [9.17, 15) is 9.50 Å². The average molecular weight is 335 g/mol. The molecule has 0 unspecified atom stereocenters. The van der Waals surface area contributed by atoms with Crippen molar-refractivity contribution in [2.45, 2.75) is 19.3 Å². The van der Waals surface area contributed by atoms with E-state index in [0.29, 0.717) is 12.5 Å². The van der Waals surface area contributed by atoms with Gasteiger partial charge in [-0.1, -0.05) is 12.1 Å². The SMILES string of the molecule is Oc1csc(OCCN2CCC(Cc3ccc(F)cc3)CC2)c1. The molecule has 1 N–H and O–H groups in total. The molecule has 0 spiro atoms. The molecule has 124 valence electrons. The fourth-order valence-corrected chi connectivity index (χ4v) is 3.67. The first-order chi connectivity index (χ1) is 11.2. The van der Waals surface area contributed by atoms with Crippen LogP contribution in [-0.2, 0) is 6.42 Å². The normalized spacial score (nSPS) is 16.6. The summed E-state index contributed by atoms with van der Waals surface area (Å²) >= 11 is 1.42. The lowest BCUT2D eigenvalue weighted by Gasteiger charge is -2.31. The summed E-state index contributed by atoms with van der Waals surface area (Å²) in [6, 6.07) is 8.53. The summed E-state index contributed by atoms with van der Waals surface area (Å²) in [6.45, 7) is 3.75. The maximum atomic E-state index is 12.9. The van der Waals surface area contributed by atoms with Crippen molar-refractivity contribution in [1.29, 1.82) is 0 Å². The predicted molar refractivity (Wildman–Crippen MR) is 90.7 cm³/mol. The van der Waals surface area contributed by atoms with Crippen LogP contribution in [0, 0.1) is 11.7 Å². The quantitative estimate of drug-likeness (QED) is 0.868. The third-order valence-corrected chi connectivity index (χ3v) is 5.19. The van der Waals surface area contributed by atoms with E-state index in [1.807, 2.05) is 12.1 Å². The maximum Gasteiger partial charge on any atom is 0.177 e. The molecule has 1 aliphatic heterocycles. The highest BCUT2D eigenvalue weighted by Gasteiger charge is 2.19. The van der Waals surface area contributed by atoms with Crippen molar-refractivity contribution in [3.05, 3.63) is 47.1 Å². The highest BCUT2D eigenvalue weighted by molar-refractivity contribution is 7.12. The van der Waals surface area contributed by atoms with E-state index >= 15 is 0 Å². The minimum Gasteiger partial charge on any atom is -0.507 e. The van der Waals surface area contributed by atoms with Gasteiger partial charge in [-0.05, 0) is 56.0 Å². The molecule has 3 rings (SSSR count). The molecule has 0 atom stereocenters. The Bertz CT molecular complexity index is 606. The van der Waals surface area contributed by atoms with Crippen molar-refractivity contribution in [2.24, 2.45) is 5.92 Å². The van der Waals surface area contributed by atoms with Crippen molar-refractivity contribution in [3.8, 4) is 10.8 Å². The monoisotopic (exact) mass is 335 g/mol. The minimum atomic E-state index is -0.164. The number of benzene rings is 1. The van der Waals surface area contributed by atoms with Crippen LogP contribution in [0.15, 0.2) is 35.7 Å². The summed E-state index contributed by atoms with van der Waals surface area (Å²) < 4.78 is 18.6. The van der Waals surface area contributed by atoms with E-state index in [1.165, 1.54) is 29.7 Å². The van der Waals surface area contributed by atoms with Crippen molar-refractivity contribution >= 4 is 11.3 Å². The third kappa shape index (κ3) is 4.94. The van der Waals surface area contributed by atoms with E-state index in [0.717, 1.165) is 31.1 Å². The summed E-state index contributed by atoms with van der Waals surface area (Å²) in [5.74, 6) is 0.793. The number of rotatable bonds is 6. The van der Waals surface area contributed by atoms with Gasteiger partial charge in [-0.2, -0.15) is 0 Å². The van der Waals surface area contributed by atoms with Gasteiger partial charge < -0.3 is 9.84 Å². The second-order valence-electron chi connectivity index (χ2n) is 6.09. The fourth-order valence-electron chi connectivity index (χ4n) is 3.03. The van der Waals surface area contributed by atoms with E-state index in [1.54, 1.807) is 23.6 Å². The summed E-state index contributed by atoms with van der Waals surface area (Å²) in [5, 5.41) is 11.7. The van der Waals surface area contributed by atoms with Crippen molar-refractivity contribution in [1.82, 2.24) is 4.90 Å². The summed E-state index contributed by atoms with van der Waals surface area (Å²) in [5.41, 5.74) is 1.23. The largest absolute Gasteiger partial charge is 0.507 e. The fraction of sp³-hybridized carbons (Fsp3) is 0.444. The predicted octanol–water partition coefficient (Wildman–Crippen LogP) is 3.93. The zero-order valence-corrected chi connectivity index (χ0v) is 13.9. The Hall–Kier alpha value is -1.59. The molecular weight excluding hydrogens is 313 g/mol. The van der Waals surface area contributed by atoms with Gasteiger partial charge in [0.25, 0.3) is 0 Å². The molecule has 1 fully saturated rings. The summed E-state index contributed by atoms with van der Waals surface area (Å²) in [4.78, 5) is 2.43. The van der Waals surface area contributed by atoms with Crippen LogP contribution in [-0.4, -0.2) is 36.2 Å². The number of piperidine rings is 1. The molecule has 0 bridgehead atoms. The Morgan fingerprint density at radius 1 is 1.22 bits per heavy atom. The molecule has 0 amide bonds. The standard InChI is InChI=1S/C18H22FNO2S/c19-16-3-1-14(2-4-16)11-15-5-7-20(8-6-15)9-10-22-18-12-17(21)13-23-18/h1-4,12-13,15,21H,5-11H2. The number of hydrogen-bond donors (Lipinski definition) is 1. The summed E-state index contributed by atoms with van der Waals surface area (Å²) in [7, 11) is 0. The highest BCUT2D eigenvalue weighted by atomic mass is 32.1. The molecule has 3 nitrogen and oxygen atoms in total. The molecule has 1 saturated heterocycles. The van der Waals surface area contributed by atoms with Crippen molar-refractivity contribution in [2.75, 3.05) is 26.2 Å². The number of ether oxygens (including phenoxy) is 1. The molecule has 1 aliphatic rings. The maximum absolute atomic E-state index is 12.9. The molecule has 5 heteroatoms. The lowest BCUT2D eigenvalue weighted by Crippen LogP contribution is -2.36. The Morgan fingerprint density at radius 2 is 1.96 bits per heavy atom. The lowest BCUT2D eigenvalue weighted by atomic mass is 9.90. The second kappa shape index (κ2) is 7.79. The van der Waals surface area contributed by atoms with E-state index in [4.69, 9.17) is 4.74 Å². The van der Waals surface area contributed by atoms with E-state index in [-0.39, 0.29) is 11.6 Å². The first-order valence-corrected chi connectivity index (χ1v) is 8.94. The Morgan fingerprint density at radius 3 is 2.61 bits per heavy atom. The van der Waals surface area contributed by atoms with Crippen molar-refractivity contribution in [3.63, 3.8) is 0 Å². The van der Waals surface area contributed by atoms with E-state index in [2.05, 4.69) is 4.90 Å². The Balaban J connectivity index is 1.36. The van der Waals surface area contributed by atoms with Gasteiger partial charge in [0, 0.05) is 18.0 Å². The molecule has 2 heterocycles. The van der Waals surface area contributed by atoms with Crippen molar-refractivity contribution < 1.29 is 14.2 Å².